The largest absolute Gasteiger partial charge is 0.470 e. The molecule has 29 heavy (non-hydrogen) atoms. The predicted octanol–water partition coefficient (Wildman–Crippen LogP) is 4.01. The van der Waals surface area contributed by atoms with E-state index in [1.807, 2.05) is 96.8 Å². The Hall–Kier alpha value is -2.39. The third-order valence-electron chi connectivity index (χ3n) is 6.27. The summed E-state index contributed by atoms with van der Waals surface area (Å²) in [7, 11) is -3.14. The van der Waals surface area contributed by atoms with Crippen molar-refractivity contribution in [3.8, 4) is 5.75 Å². The van der Waals surface area contributed by atoms with Gasteiger partial charge in [-0.25, -0.2) is 4.90 Å². The maximum absolute atomic E-state index is 14.9. The Morgan fingerprint density at radius 1 is 0.931 bits per heavy atom. The Kier molecular flexibility index (Phi) is 4.05. The number of nitrogens with zero attached hydrogens (tertiary/aromatic N) is 1. The molecule has 1 unspecified atom stereocenters. The van der Waals surface area contributed by atoms with E-state index in [9.17, 15) is 9.67 Å². The maximum atomic E-state index is 14.9. The Balaban J connectivity index is 1.73. The first-order valence-corrected chi connectivity index (χ1v) is 11.7. The smallest absolute Gasteiger partial charge is 0.189 e. The van der Waals surface area contributed by atoms with Crippen LogP contribution in [0.3, 0.4) is 0 Å². The summed E-state index contributed by atoms with van der Waals surface area (Å²) in [5.74, 6) is 0.206. The lowest BCUT2D eigenvalue weighted by atomic mass is 10.0. The van der Waals surface area contributed by atoms with Crippen molar-refractivity contribution in [1.82, 2.24) is 4.90 Å². The van der Waals surface area contributed by atoms with Gasteiger partial charge in [-0.2, -0.15) is 0 Å². The molecule has 0 radical (unpaired) electrons. The monoisotopic (exact) mass is 405 g/mol. The first-order valence-electron chi connectivity index (χ1n) is 9.97. The topological polar surface area (TPSA) is 49.5 Å². The SMILES string of the molecule is CC[C@@]12Oc3ccccc3[C@](C)(O)N1[C@H]2P(=O)(c1ccccc1)c1ccccc1. The van der Waals surface area contributed by atoms with Crippen LogP contribution in [0.2, 0.25) is 0 Å². The molecule has 2 aliphatic heterocycles. The number of rotatable bonds is 4. The highest BCUT2D eigenvalue weighted by Crippen LogP contribution is 2.71. The lowest BCUT2D eigenvalue weighted by molar-refractivity contribution is -0.107. The van der Waals surface area contributed by atoms with E-state index in [4.69, 9.17) is 4.74 Å². The number of hydrogen-bond donors (Lipinski definition) is 1. The molecule has 0 spiro atoms. The van der Waals surface area contributed by atoms with E-state index in [-0.39, 0.29) is 0 Å². The van der Waals surface area contributed by atoms with Gasteiger partial charge in [0, 0.05) is 22.6 Å². The molecule has 0 bridgehead atoms. The van der Waals surface area contributed by atoms with Crippen molar-refractivity contribution < 1.29 is 14.4 Å². The van der Waals surface area contributed by atoms with E-state index in [2.05, 4.69) is 0 Å². The third-order valence-corrected chi connectivity index (χ3v) is 9.73. The summed E-state index contributed by atoms with van der Waals surface area (Å²) in [5.41, 5.74) is -1.37. The second kappa shape index (κ2) is 6.30. The summed E-state index contributed by atoms with van der Waals surface area (Å²) >= 11 is 0. The second-order valence-corrected chi connectivity index (χ2v) is 10.7. The maximum Gasteiger partial charge on any atom is 0.189 e. The van der Waals surface area contributed by atoms with E-state index in [0.717, 1.165) is 10.6 Å². The zero-order chi connectivity index (χ0) is 20.3. The van der Waals surface area contributed by atoms with Gasteiger partial charge in [0.15, 0.2) is 12.9 Å². The van der Waals surface area contributed by atoms with E-state index >= 15 is 0 Å². The van der Waals surface area contributed by atoms with Gasteiger partial charge in [-0.15, -0.1) is 0 Å². The lowest BCUT2D eigenvalue weighted by Gasteiger charge is -2.36. The molecule has 1 N–H and O–H groups in total. The summed E-state index contributed by atoms with van der Waals surface area (Å²) in [4.78, 5) is 1.91. The third kappa shape index (κ3) is 2.43. The Bertz CT molecular complexity index is 1060. The molecule has 0 aromatic heterocycles. The van der Waals surface area contributed by atoms with Gasteiger partial charge in [0.1, 0.15) is 17.3 Å². The highest BCUT2D eigenvalue weighted by Gasteiger charge is 2.78. The number of benzene rings is 3. The molecule has 0 saturated carbocycles. The fraction of sp³-hybridized carbons (Fsp3) is 0.250. The van der Waals surface area contributed by atoms with Gasteiger partial charge in [0.05, 0.1) is 0 Å². The fourth-order valence-corrected chi connectivity index (χ4v) is 8.58. The molecule has 2 heterocycles. The van der Waals surface area contributed by atoms with Gasteiger partial charge >= 0.3 is 0 Å². The van der Waals surface area contributed by atoms with Gasteiger partial charge in [-0.3, -0.25) is 0 Å². The zero-order valence-corrected chi connectivity index (χ0v) is 17.4. The molecule has 3 aromatic rings. The van der Waals surface area contributed by atoms with Crippen molar-refractivity contribution in [1.29, 1.82) is 0 Å². The zero-order valence-electron chi connectivity index (χ0n) is 16.5. The first kappa shape index (κ1) is 18.6. The number of hydrogen-bond acceptors (Lipinski definition) is 4. The lowest BCUT2D eigenvalue weighted by Crippen LogP contribution is -2.43. The first-order chi connectivity index (χ1) is 14.0. The molecule has 0 amide bonds. The van der Waals surface area contributed by atoms with Crippen LogP contribution in [-0.2, 0) is 10.3 Å². The summed E-state index contributed by atoms with van der Waals surface area (Å²) in [6.07, 6.45) is 0.617. The highest BCUT2D eigenvalue weighted by molar-refractivity contribution is 7.79. The normalized spacial score (nSPS) is 30.0. The highest BCUT2D eigenvalue weighted by atomic mass is 31.2. The van der Waals surface area contributed by atoms with E-state index in [0.29, 0.717) is 17.7 Å². The molecular formula is C24H24NO3P. The molecular weight excluding hydrogens is 381 g/mol. The van der Waals surface area contributed by atoms with Crippen molar-refractivity contribution in [2.45, 2.75) is 37.5 Å². The number of ether oxygens (including phenoxy) is 1. The van der Waals surface area contributed by atoms with Crippen LogP contribution in [0.4, 0.5) is 0 Å². The van der Waals surface area contributed by atoms with Crippen molar-refractivity contribution in [2.75, 3.05) is 0 Å². The molecule has 0 aliphatic carbocycles. The van der Waals surface area contributed by atoms with Crippen LogP contribution in [0.25, 0.3) is 0 Å². The summed E-state index contributed by atoms with van der Waals surface area (Å²) in [6.45, 7) is 3.80. The summed E-state index contributed by atoms with van der Waals surface area (Å²) < 4.78 is 21.4. The van der Waals surface area contributed by atoms with Crippen LogP contribution in [0, 0.1) is 0 Å². The van der Waals surface area contributed by atoms with Crippen LogP contribution >= 0.6 is 7.14 Å². The number of aliphatic hydroxyl groups is 1. The summed E-state index contributed by atoms with van der Waals surface area (Å²) in [5, 5.41) is 13.1. The molecule has 4 atom stereocenters. The quantitative estimate of drug-likeness (QED) is 0.527. The van der Waals surface area contributed by atoms with E-state index in [1.54, 1.807) is 6.92 Å². The van der Waals surface area contributed by atoms with Crippen molar-refractivity contribution in [3.63, 3.8) is 0 Å². The minimum atomic E-state index is -3.14. The van der Waals surface area contributed by atoms with Gasteiger partial charge in [-0.1, -0.05) is 85.8 Å². The van der Waals surface area contributed by atoms with Crippen LogP contribution in [0.1, 0.15) is 25.8 Å². The molecule has 1 fully saturated rings. The minimum Gasteiger partial charge on any atom is -0.470 e. The van der Waals surface area contributed by atoms with E-state index < -0.39 is 24.4 Å². The van der Waals surface area contributed by atoms with E-state index in [1.165, 1.54) is 0 Å². The Labute approximate surface area is 171 Å². The molecule has 5 heteroatoms. The van der Waals surface area contributed by atoms with Gasteiger partial charge in [-0.05, 0) is 13.0 Å². The fourth-order valence-electron chi connectivity index (χ4n) is 4.88. The predicted molar refractivity (Wildman–Crippen MR) is 115 cm³/mol. The van der Waals surface area contributed by atoms with Crippen LogP contribution in [-0.4, -0.2) is 21.5 Å². The molecule has 148 valence electrons. The molecule has 4 nitrogen and oxygen atoms in total. The minimum absolute atomic E-state index is 0.452. The number of fused-ring (bicyclic) bond motifs is 2. The Morgan fingerprint density at radius 3 is 2.00 bits per heavy atom. The average molecular weight is 405 g/mol. The van der Waals surface area contributed by atoms with Crippen molar-refractivity contribution in [3.05, 3.63) is 90.5 Å². The molecule has 1 saturated heterocycles. The summed E-state index contributed by atoms with van der Waals surface area (Å²) in [6, 6.07) is 26.7. The van der Waals surface area contributed by atoms with Crippen LogP contribution in [0.15, 0.2) is 84.9 Å². The van der Waals surface area contributed by atoms with Crippen LogP contribution < -0.4 is 15.3 Å². The molecule has 3 aromatic carbocycles. The molecule has 5 rings (SSSR count). The standard InChI is InChI=1S/C24H24NO3P/c1-3-24-22(25(24)23(2,26)20-16-10-11-17-21(20)28-24)29(27,18-12-6-4-7-13-18)19-14-8-5-9-15-19/h4-17,22,26H,3H2,1-2H3/t22-,23-,24-,25?/m0/s1. The molecule has 2 aliphatic rings. The van der Waals surface area contributed by atoms with Crippen LogP contribution in [0.5, 0.6) is 5.75 Å². The average Bonchev–Trinajstić information content (AvgIpc) is 3.46. The van der Waals surface area contributed by atoms with Gasteiger partial charge in [0.25, 0.3) is 0 Å². The second-order valence-electron chi connectivity index (χ2n) is 7.89. The Morgan fingerprint density at radius 2 is 1.45 bits per heavy atom. The van der Waals surface area contributed by atoms with Gasteiger partial charge < -0.3 is 14.4 Å². The number of para-hydroxylation sites is 1. The van der Waals surface area contributed by atoms with Gasteiger partial charge in [0.2, 0.25) is 0 Å². The van der Waals surface area contributed by atoms with Crippen molar-refractivity contribution >= 4 is 17.8 Å². The van der Waals surface area contributed by atoms with Crippen molar-refractivity contribution in [2.24, 2.45) is 0 Å².